The van der Waals surface area contributed by atoms with Crippen molar-refractivity contribution in [1.29, 1.82) is 0 Å². The Morgan fingerprint density at radius 1 is 1.40 bits per heavy atom. The zero-order chi connectivity index (χ0) is 11.8. The van der Waals surface area contributed by atoms with Gasteiger partial charge in [-0.1, -0.05) is 37.5 Å². The third-order valence-corrected chi connectivity index (χ3v) is 1.65. The van der Waals surface area contributed by atoms with Gasteiger partial charge in [0.25, 0.3) is 0 Å². The number of nitrogens with two attached hydrogens (primary N) is 1. The van der Waals surface area contributed by atoms with E-state index in [4.69, 9.17) is 10.8 Å². The van der Waals surface area contributed by atoms with Crippen molar-refractivity contribution in [3.8, 4) is 0 Å². The molecule has 0 rings (SSSR count). The molecule has 3 heteroatoms. The summed E-state index contributed by atoms with van der Waals surface area (Å²) in [6, 6.07) is 0. The molecular weight excluding hydrogens is 190 g/mol. The van der Waals surface area contributed by atoms with Gasteiger partial charge >= 0.3 is 5.97 Å². The average Bonchev–Trinajstić information content (AvgIpc) is 2.21. The summed E-state index contributed by atoms with van der Waals surface area (Å²) in [5, 5.41) is 8.78. The molecule has 0 aliphatic rings. The van der Waals surface area contributed by atoms with Gasteiger partial charge < -0.3 is 10.8 Å². The molecule has 0 atom stereocenters. The van der Waals surface area contributed by atoms with Gasteiger partial charge in [0.2, 0.25) is 0 Å². The summed E-state index contributed by atoms with van der Waals surface area (Å²) < 4.78 is 0. The zero-order valence-corrected chi connectivity index (χ0v) is 8.73. The summed E-state index contributed by atoms with van der Waals surface area (Å²) in [6.07, 6.45) is 8.12. The Balaban J connectivity index is 5.16. The fourth-order valence-electron chi connectivity index (χ4n) is 0.894. The Morgan fingerprint density at radius 2 is 2.00 bits per heavy atom. The molecule has 0 saturated carbocycles. The van der Waals surface area contributed by atoms with Gasteiger partial charge in [-0.05, 0) is 13.0 Å². The van der Waals surface area contributed by atoms with Crippen LogP contribution in [0.4, 0.5) is 0 Å². The Labute approximate surface area is 89.6 Å². The number of hydrogen-bond donors (Lipinski definition) is 2. The van der Waals surface area contributed by atoms with Gasteiger partial charge in [-0.15, -0.1) is 0 Å². The third-order valence-electron chi connectivity index (χ3n) is 1.65. The molecule has 0 radical (unpaired) electrons. The molecule has 0 aromatic rings. The van der Waals surface area contributed by atoms with E-state index in [0.29, 0.717) is 11.3 Å². The molecule has 3 nitrogen and oxygen atoms in total. The summed E-state index contributed by atoms with van der Waals surface area (Å²) in [7, 11) is 0. The highest BCUT2D eigenvalue weighted by Gasteiger charge is 2.11. The monoisotopic (exact) mass is 205 g/mol. The zero-order valence-electron chi connectivity index (χ0n) is 8.73. The second-order valence-corrected chi connectivity index (χ2v) is 2.75. The lowest BCUT2D eigenvalue weighted by Crippen LogP contribution is -2.09. The van der Waals surface area contributed by atoms with Crippen LogP contribution in [0.15, 0.2) is 60.4 Å². The van der Waals surface area contributed by atoms with E-state index < -0.39 is 5.97 Å². The van der Waals surface area contributed by atoms with Crippen LogP contribution in [0.3, 0.4) is 0 Å². The fraction of sp³-hybridized carbons (Fsp3) is 0.0833. The third kappa shape index (κ3) is 4.13. The first-order valence-electron chi connectivity index (χ1n) is 4.38. The first kappa shape index (κ1) is 13.0. The fourth-order valence-corrected chi connectivity index (χ4v) is 0.894. The van der Waals surface area contributed by atoms with Crippen LogP contribution in [-0.2, 0) is 4.79 Å². The molecular formula is C12H15NO2. The van der Waals surface area contributed by atoms with Crippen LogP contribution in [0.2, 0.25) is 0 Å². The van der Waals surface area contributed by atoms with E-state index in [2.05, 4.69) is 13.2 Å². The van der Waals surface area contributed by atoms with E-state index in [1.165, 1.54) is 12.2 Å². The predicted octanol–water partition coefficient (Wildman–Crippen LogP) is 2.16. The number of carboxylic acid groups (broad SMARTS) is 1. The van der Waals surface area contributed by atoms with Crippen LogP contribution in [0.25, 0.3) is 0 Å². The molecule has 80 valence electrons. The van der Waals surface area contributed by atoms with Gasteiger partial charge in [0.1, 0.15) is 0 Å². The molecule has 15 heavy (non-hydrogen) atoms. The highest BCUT2D eigenvalue weighted by atomic mass is 16.4. The van der Waals surface area contributed by atoms with Crippen molar-refractivity contribution in [2.75, 3.05) is 0 Å². The van der Waals surface area contributed by atoms with Crippen molar-refractivity contribution in [3.63, 3.8) is 0 Å². The molecule has 3 N–H and O–H groups in total. The Bertz CT molecular complexity index is 360. The predicted molar refractivity (Wildman–Crippen MR) is 62.1 cm³/mol. The number of carboxylic acids is 1. The largest absolute Gasteiger partial charge is 0.478 e. The van der Waals surface area contributed by atoms with Crippen LogP contribution in [0, 0.1) is 0 Å². The first-order valence-corrected chi connectivity index (χ1v) is 4.38. The van der Waals surface area contributed by atoms with Crippen LogP contribution in [0.5, 0.6) is 0 Å². The van der Waals surface area contributed by atoms with Gasteiger partial charge in [-0.2, -0.15) is 0 Å². The molecule has 0 fully saturated rings. The SMILES string of the molecule is C=C\C=C(C(=C)C(=O)O)/C(N)=C\C=C/C. The summed E-state index contributed by atoms with van der Waals surface area (Å²) in [4.78, 5) is 10.7. The lowest BCUT2D eigenvalue weighted by molar-refractivity contribution is -0.132. The molecule has 0 unspecified atom stereocenters. The molecule has 0 aliphatic carbocycles. The molecule has 0 aromatic carbocycles. The highest BCUT2D eigenvalue weighted by molar-refractivity contribution is 5.92. The minimum absolute atomic E-state index is 0.0480. The van der Waals surface area contributed by atoms with Crippen LogP contribution >= 0.6 is 0 Å². The van der Waals surface area contributed by atoms with Gasteiger partial charge in [-0.25, -0.2) is 4.79 Å². The van der Waals surface area contributed by atoms with E-state index in [1.54, 1.807) is 18.2 Å². The van der Waals surface area contributed by atoms with Gasteiger partial charge in [0, 0.05) is 11.3 Å². The molecule has 0 spiro atoms. The summed E-state index contributed by atoms with van der Waals surface area (Å²) in [5.74, 6) is -1.10. The summed E-state index contributed by atoms with van der Waals surface area (Å²) in [5.41, 5.74) is 6.37. The van der Waals surface area contributed by atoms with E-state index >= 15 is 0 Å². The highest BCUT2D eigenvalue weighted by Crippen LogP contribution is 2.14. The minimum atomic E-state index is -1.10. The molecule has 0 heterocycles. The lowest BCUT2D eigenvalue weighted by atomic mass is 10.0. The number of aliphatic carboxylic acids is 1. The standard InChI is InChI=1S/C12H15NO2/c1-4-6-8-11(13)10(7-5-2)9(3)12(14)15/h4-8H,2-3,13H2,1H3,(H,14,15)/b6-4-,10-7-,11-8+. The Morgan fingerprint density at radius 3 is 2.40 bits per heavy atom. The van der Waals surface area contributed by atoms with Crippen molar-refractivity contribution >= 4 is 5.97 Å². The van der Waals surface area contributed by atoms with Crippen LogP contribution < -0.4 is 5.73 Å². The summed E-state index contributed by atoms with van der Waals surface area (Å²) in [6.45, 7) is 8.78. The molecule has 0 saturated heterocycles. The minimum Gasteiger partial charge on any atom is -0.478 e. The van der Waals surface area contributed by atoms with Crippen molar-refractivity contribution < 1.29 is 9.90 Å². The maximum atomic E-state index is 10.7. The number of carbonyl (C=O) groups is 1. The lowest BCUT2D eigenvalue weighted by Gasteiger charge is -2.06. The number of allylic oxidation sites excluding steroid dienone is 6. The van der Waals surface area contributed by atoms with Gasteiger partial charge in [-0.3, -0.25) is 0 Å². The van der Waals surface area contributed by atoms with Gasteiger partial charge in [0.05, 0.1) is 5.57 Å². The second-order valence-electron chi connectivity index (χ2n) is 2.75. The van der Waals surface area contributed by atoms with E-state index in [1.807, 2.05) is 6.92 Å². The normalized spacial score (nSPS) is 12.9. The maximum absolute atomic E-state index is 10.7. The topological polar surface area (TPSA) is 63.3 Å². The molecule has 0 aromatic heterocycles. The van der Waals surface area contributed by atoms with Crippen molar-refractivity contribution in [1.82, 2.24) is 0 Å². The first-order chi connectivity index (χ1) is 7.04. The van der Waals surface area contributed by atoms with Gasteiger partial charge in [0.15, 0.2) is 0 Å². The Kier molecular flexibility index (Phi) is 5.56. The molecule has 0 bridgehead atoms. The van der Waals surface area contributed by atoms with Crippen LogP contribution in [-0.4, -0.2) is 11.1 Å². The smallest absolute Gasteiger partial charge is 0.335 e. The van der Waals surface area contributed by atoms with Crippen molar-refractivity contribution in [2.45, 2.75) is 6.92 Å². The van der Waals surface area contributed by atoms with E-state index in [0.717, 1.165) is 0 Å². The van der Waals surface area contributed by atoms with Crippen LogP contribution in [0.1, 0.15) is 6.92 Å². The Hall–Kier alpha value is -2.03. The molecule has 0 aliphatic heterocycles. The van der Waals surface area contributed by atoms with E-state index in [9.17, 15) is 4.79 Å². The van der Waals surface area contributed by atoms with Crippen molar-refractivity contribution in [2.24, 2.45) is 5.73 Å². The van der Waals surface area contributed by atoms with Crippen molar-refractivity contribution in [3.05, 3.63) is 60.4 Å². The average molecular weight is 205 g/mol. The summed E-state index contributed by atoms with van der Waals surface area (Å²) >= 11 is 0. The van der Waals surface area contributed by atoms with E-state index in [-0.39, 0.29) is 5.57 Å². The number of rotatable bonds is 5. The maximum Gasteiger partial charge on any atom is 0.335 e. The molecule has 0 amide bonds. The second kappa shape index (κ2) is 6.43. The quantitative estimate of drug-likeness (QED) is 0.534. The number of hydrogen-bond acceptors (Lipinski definition) is 2.